The van der Waals surface area contributed by atoms with E-state index in [1.807, 2.05) is 37.3 Å². The van der Waals surface area contributed by atoms with Crippen LogP contribution in [-0.2, 0) is 20.9 Å². The lowest BCUT2D eigenvalue weighted by atomic mass is 10.1. The summed E-state index contributed by atoms with van der Waals surface area (Å²) in [6.07, 6.45) is 0.254. The number of benzene rings is 2. The summed E-state index contributed by atoms with van der Waals surface area (Å²) in [6, 6.07) is 14.8. The van der Waals surface area contributed by atoms with Crippen LogP contribution in [0, 0.1) is 5.92 Å². The van der Waals surface area contributed by atoms with Crippen LogP contribution in [0.15, 0.2) is 48.5 Å². The molecule has 1 amide bonds. The predicted octanol–water partition coefficient (Wildman–Crippen LogP) is 4.63. The van der Waals surface area contributed by atoms with Gasteiger partial charge in [0.1, 0.15) is 0 Å². The van der Waals surface area contributed by atoms with Crippen molar-refractivity contribution in [3.63, 3.8) is 0 Å². The minimum atomic E-state index is -0.292. The van der Waals surface area contributed by atoms with E-state index >= 15 is 0 Å². The summed E-state index contributed by atoms with van der Waals surface area (Å²) in [7, 11) is 1.38. The number of amides is 1. The average molecular weight is 423 g/mol. The maximum Gasteiger partial charge on any atom is 0.309 e. The highest BCUT2D eigenvalue weighted by Crippen LogP contribution is 2.25. The van der Waals surface area contributed by atoms with Gasteiger partial charge in [-0.05, 0) is 23.8 Å². The third kappa shape index (κ3) is 7.15. The normalized spacial score (nSPS) is 11.9. The Morgan fingerprint density at radius 3 is 2.54 bits per heavy atom. The quantitative estimate of drug-likeness (QED) is 0.598. The summed E-state index contributed by atoms with van der Waals surface area (Å²) in [5, 5.41) is 3.71. The molecular formula is C21H24Cl2N2O3. The van der Waals surface area contributed by atoms with Gasteiger partial charge in [-0.1, -0.05) is 60.5 Å². The predicted molar refractivity (Wildman–Crippen MR) is 113 cm³/mol. The van der Waals surface area contributed by atoms with E-state index in [0.717, 1.165) is 5.56 Å². The van der Waals surface area contributed by atoms with E-state index in [-0.39, 0.29) is 24.2 Å². The zero-order valence-electron chi connectivity index (χ0n) is 16.0. The molecule has 0 radical (unpaired) electrons. The molecule has 1 atom stereocenters. The Kier molecular flexibility index (Phi) is 8.77. The largest absolute Gasteiger partial charge is 0.469 e. The highest BCUT2D eigenvalue weighted by molar-refractivity contribution is 6.35. The zero-order chi connectivity index (χ0) is 20.5. The molecule has 0 spiro atoms. The molecule has 1 unspecified atom stereocenters. The van der Waals surface area contributed by atoms with Crippen LogP contribution in [0.1, 0.15) is 18.9 Å². The SMILES string of the molecule is COC(=O)C(C)CN(CCC(=O)Nc1cc(Cl)ccc1Cl)Cc1ccccc1. The molecule has 0 heterocycles. The van der Waals surface area contributed by atoms with Crippen LogP contribution in [0.4, 0.5) is 5.69 Å². The molecule has 7 heteroatoms. The molecule has 1 N–H and O–H groups in total. The fourth-order valence-electron chi connectivity index (χ4n) is 2.81. The molecule has 0 aromatic heterocycles. The van der Waals surface area contributed by atoms with Gasteiger partial charge in [0.2, 0.25) is 5.91 Å². The van der Waals surface area contributed by atoms with E-state index in [1.54, 1.807) is 18.2 Å². The van der Waals surface area contributed by atoms with E-state index in [2.05, 4.69) is 10.2 Å². The summed E-state index contributed by atoms with van der Waals surface area (Å²) >= 11 is 12.1. The van der Waals surface area contributed by atoms with Crippen LogP contribution < -0.4 is 5.32 Å². The molecule has 0 fully saturated rings. The Balaban J connectivity index is 1.99. The smallest absolute Gasteiger partial charge is 0.309 e. The van der Waals surface area contributed by atoms with Gasteiger partial charge in [0.25, 0.3) is 0 Å². The number of ether oxygens (including phenoxy) is 1. The number of anilines is 1. The first kappa shape index (κ1) is 22.2. The van der Waals surface area contributed by atoms with Crippen molar-refractivity contribution in [3.8, 4) is 0 Å². The molecule has 0 aliphatic rings. The molecule has 0 saturated carbocycles. The van der Waals surface area contributed by atoms with E-state index < -0.39 is 0 Å². The summed E-state index contributed by atoms with van der Waals surface area (Å²) in [4.78, 5) is 26.2. The number of halogens is 2. The standard InChI is InChI=1S/C21H24Cl2N2O3/c1-15(21(27)28-2)13-25(14-16-6-4-3-5-7-16)11-10-20(26)24-19-12-17(22)8-9-18(19)23/h3-9,12,15H,10-11,13-14H2,1-2H3,(H,24,26). The van der Waals surface area contributed by atoms with Crippen molar-refractivity contribution in [2.75, 3.05) is 25.5 Å². The zero-order valence-corrected chi connectivity index (χ0v) is 17.5. The molecule has 150 valence electrons. The second-order valence-corrected chi connectivity index (χ2v) is 7.41. The number of rotatable bonds is 9. The van der Waals surface area contributed by atoms with Crippen LogP contribution >= 0.6 is 23.2 Å². The van der Waals surface area contributed by atoms with Crippen LogP contribution in [0.25, 0.3) is 0 Å². The van der Waals surface area contributed by atoms with Crippen LogP contribution in [0.5, 0.6) is 0 Å². The van der Waals surface area contributed by atoms with Crippen LogP contribution in [0.3, 0.4) is 0 Å². The first-order chi connectivity index (χ1) is 13.4. The molecule has 5 nitrogen and oxygen atoms in total. The number of carbonyl (C=O) groups is 2. The van der Waals surface area contributed by atoms with Crippen molar-refractivity contribution in [2.24, 2.45) is 5.92 Å². The van der Waals surface area contributed by atoms with Crippen molar-refractivity contribution in [1.82, 2.24) is 4.90 Å². The van der Waals surface area contributed by atoms with Gasteiger partial charge in [0.15, 0.2) is 0 Å². The van der Waals surface area contributed by atoms with Crippen molar-refractivity contribution >= 4 is 40.8 Å². The lowest BCUT2D eigenvalue weighted by Gasteiger charge is -2.24. The fraction of sp³-hybridized carbons (Fsp3) is 0.333. The molecule has 0 aliphatic heterocycles. The van der Waals surface area contributed by atoms with Crippen LogP contribution in [0.2, 0.25) is 10.0 Å². The number of nitrogens with one attached hydrogen (secondary N) is 1. The monoisotopic (exact) mass is 422 g/mol. The van der Waals surface area contributed by atoms with Gasteiger partial charge in [-0.15, -0.1) is 0 Å². The Morgan fingerprint density at radius 2 is 1.86 bits per heavy atom. The van der Waals surface area contributed by atoms with E-state index in [1.165, 1.54) is 7.11 Å². The third-order valence-electron chi connectivity index (χ3n) is 4.24. The maximum atomic E-state index is 12.4. The highest BCUT2D eigenvalue weighted by atomic mass is 35.5. The van der Waals surface area contributed by atoms with Gasteiger partial charge in [0.05, 0.1) is 23.7 Å². The lowest BCUT2D eigenvalue weighted by molar-refractivity contribution is -0.145. The Labute approximate surface area is 175 Å². The summed E-state index contributed by atoms with van der Waals surface area (Å²) in [5.74, 6) is -0.736. The third-order valence-corrected chi connectivity index (χ3v) is 4.81. The Bertz CT molecular complexity index is 799. The van der Waals surface area contributed by atoms with Gasteiger partial charge in [0, 0.05) is 31.1 Å². The number of esters is 1. The summed E-state index contributed by atoms with van der Waals surface area (Å²) < 4.78 is 4.82. The van der Waals surface area contributed by atoms with E-state index in [0.29, 0.717) is 35.4 Å². The molecule has 2 aromatic carbocycles. The minimum Gasteiger partial charge on any atom is -0.469 e. The lowest BCUT2D eigenvalue weighted by Crippen LogP contribution is -2.34. The molecule has 0 saturated heterocycles. The van der Waals surface area contributed by atoms with Gasteiger partial charge in [-0.25, -0.2) is 0 Å². The van der Waals surface area contributed by atoms with E-state index in [9.17, 15) is 9.59 Å². The molecule has 2 aromatic rings. The topological polar surface area (TPSA) is 58.6 Å². The second kappa shape index (κ2) is 11.1. The van der Waals surface area contributed by atoms with Crippen molar-refractivity contribution < 1.29 is 14.3 Å². The number of hydrogen-bond donors (Lipinski definition) is 1. The van der Waals surface area contributed by atoms with Gasteiger partial charge in [-0.2, -0.15) is 0 Å². The molecule has 0 aliphatic carbocycles. The summed E-state index contributed by atoms with van der Waals surface area (Å²) in [5.41, 5.74) is 1.59. The Hall–Kier alpha value is -2.08. The number of carbonyl (C=O) groups excluding carboxylic acids is 2. The van der Waals surface area contributed by atoms with Crippen molar-refractivity contribution in [3.05, 3.63) is 64.1 Å². The number of methoxy groups -OCH3 is 1. The first-order valence-electron chi connectivity index (χ1n) is 8.98. The van der Waals surface area contributed by atoms with Crippen molar-refractivity contribution in [2.45, 2.75) is 19.9 Å². The maximum absolute atomic E-state index is 12.4. The van der Waals surface area contributed by atoms with Gasteiger partial charge in [-0.3, -0.25) is 14.5 Å². The van der Waals surface area contributed by atoms with E-state index in [4.69, 9.17) is 27.9 Å². The first-order valence-corrected chi connectivity index (χ1v) is 9.73. The number of nitrogens with zero attached hydrogens (tertiary/aromatic N) is 1. The van der Waals surface area contributed by atoms with Gasteiger partial charge >= 0.3 is 5.97 Å². The Morgan fingerprint density at radius 1 is 1.14 bits per heavy atom. The average Bonchev–Trinajstić information content (AvgIpc) is 2.69. The fourth-order valence-corrected chi connectivity index (χ4v) is 3.14. The molecule has 2 rings (SSSR count). The van der Waals surface area contributed by atoms with Crippen molar-refractivity contribution in [1.29, 1.82) is 0 Å². The molecule has 0 bridgehead atoms. The molecular weight excluding hydrogens is 399 g/mol. The van der Waals surface area contributed by atoms with Crippen LogP contribution in [-0.4, -0.2) is 37.0 Å². The highest BCUT2D eigenvalue weighted by Gasteiger charge is 2.19. The summed E-state index contributed by atoms with van der Waals surface area (Å²) in [6.45, 7) is 3.43. The minimum absolute atomic E-state index is 0.173. The van der Waals surface area contributed by atoms with Gasteiger partial charge < -0.3 is 10.1 Å². The number of hydrogen-bond acceptors (Lipinski definition) is 4. The second-order valence-electron chi connectivity index (χ2n) is 6.57. The molecule has 28 heavy (non-hydrogen) atoms.